The van der Waals surface area contributed by atoms with Crippen molar-refractivity contribution >= 4 is 17.5 Å². The number of anilines is 1. The number of aliphatic carboxylic acids is 1. The van der Waals surface area contributed by atoms with E-state index in [1.807, 2.05) is 54.6 Å². The highest BCUT2D eigenvalue weighted by Gasteiger charge is 2.49. The molecular formula is C43H37F2N5O2. The van der Waals surface area contributed by atoms with Gasteiger partial charge in [-0.3, -0.25) is 14.8 Å². The second-order valence-corrected chi connectivity index (χ2v) is 14.1. The number of nitrogens with zero attached hydrogens (tertiary/aromatic N) is 4. The van der Waals surface area contributed by atoms with Gasteiger partial charge in [-0.2, -0.15) is 5.26 Å². The van der Waals surface area contributed by atoms with Crippen LogP contribution in [0.2, 0.25) is 0 Å². The van der Waals surface area contributed by atoms with Gasteiger partial charge in [0.05, 0.1) is 34.5 Å². The topological polar surface area (TPSA) is 111 Å². The number of benzene rings is 3. The molecule has 7 nitrogen and oxygen atoms in total. The third-order valence-electron chi connectivity index (χ3n) is 11.5. The second kappa shape index (κ2) is 13.8. The third-order valence-corrected chi connectivity index (χ3v) is 11.5. The van der Waals surface area contributed by atoms with E-state index >= 15 is 8.78 Å². The molecule has 52 heavy (non-hydrogen) atoms. The fourth-order valence-electron chi connectivity index (χ4n) is 9.30. The van der Waals surface area contributed by atoms with Crippen LogP contribution in [0.1, 0.15) is 77.2 Å². The van der Waals surface area contributed by atoms with Gasteiger partial charge in [0.25, 0.3) is 0 Å². The van der Waals surface area contributed by atoms with Crippen molar-refractivity contribution in [3.63, 3.8) is 0 Å². The summed E-state index contributed by atoms with van der Waals surface area (Å²) < 4.78 is 31.2. The second-order valence-electron chi connectivity index (χ2n) is 14.1. The summed E-state index contributed by atoms with van der Waals surface area (Å²) >= 11 is 0. The molecule has 3 aromatic carbocycles. The Morgan fingerprint density at radius 1 is 0.827 bits per heavy atom. The minimum atomic E-state index is -0.908. The van der Waals surface area contributed by atoms with Crippen molar-refractivity contribution in [3.8, 4) is 6.07 Å². The molecule has 3 atom stereocenters. The van der Waals surface area contributed by atoms with Gasteiger partial charge in [-0.15, -0.1) is 0 Å². The van der Waals surface area contributed by atoms with Crippen molar-refractivity contribution < 1.29 is 18.7 Å². The van der Waals surface area contributed by atoms with Gasteiger partial charge >= 0.3 is 5.97 Å². The van der Waals surface area contributed by atoms with Crippen LogP contribution in [0.3, 0.4) is 0 Å². The van der Waals surface area contributed by atoms with E-state index in [4.69, 9.17) is 9.98 Å². The summed E-state index contributed by atoms with van der Waals surface area (Å²) in [6.07, 6.45) is 5.09. The van der Waals surface area contributed by atoms with Gasteiger partial charge < -0.3 is 10.4 Å². The van der Waals surface area contributed by atoms with Crippen molar-refractivity contribution in [2.45, 2.75) is 49.5 Å². The molecule has 2 N–H and O–H groups in total. The number of fused-ring (bicyclic) bond motifs is 4. The zero-order valence-corrected chi connectivity index (χ0v) is 28.4. The van der Waals surface area contributed by atoms with Crippen LogP contribution in [0.15, 0.2) is 114 Å². The minimum absolute atomic E-state index is 0.00381. The lowest BCUT2D eigenvalue weighted by Gasteiger charge is -2.47. The van der Waals surface area contributed by atoms with Crippen molar-refractivity contribution in [1.82, 2.24) is 9.97 Å². The molecule has 0 amide bonds. The summed E-state index contributed by atoms with van der Waals surface area (Å²) in [6.45, 7) is 0.284. The van der Waals surface area contributed by atoms with Crippen LogP contribution in [0.5, 0.6) is 0 Å². The molecule has 0 saturated heterocycles. The lowest BCUT2D eigenvalue weighted by atomic mass is 9.59. The zero-order valence-electron chi connectivity index (χ0n) is 28.4. The number of carboxylic acid groups (broad SMARTS) is 1. The number of aliphatic imine (C=N–C) groups is 1. The van der Waals surface area contributed by atoms with E-state index in [1.165, 1.54) is 12.3 Å². The predicted molar refractivity (Wildman–Crippen MR) is 194 cm³/mol. The number of pyridine rings is 2. The molecule has 4 aliphatic rings. The molecule has 3 fully saturated rings. The number of carboxylic acids is 1. The van der Waals surface area contributed by atoms with E-state index in [1.54, 1.807) is 0 Å². The van der Waals surface area contributed by atoms with Crippen LogP contribution >= 0.6 is 0 Å². The first kappa shape index (κ1) is 33.4. The Labute approximate surface area is 301 Å². The fourth-order valence-corrected chi connectivity index (χ4v) is 9.30. The number of hydrogen-bond acceptors (Lipinski definition) is 6. The number of carbonyl (C=O) groups is 1. The Hall–Kier alpha value is -5.75. The van der Waals surface area contributed by atoms with Crippen LogP contribution in [-0.4, -0.2) is 39.3 Å². The molecule has 3 unspecified atom stereocenters. The van der Waals surface area contributed by atoms with E-state index in [0.29, 0.717) is 17.7 Å². The van der Waals surface area contributed by atoms with E-state index in [0.717, 1.165) is 48.4 Å². The molecule has 9 heteroatoms. The Bertz CT molecular complexity index is 2080. The average Bonchev–Trinajstić information content (AvgIpc) is 3.37. The summed E-state index contributed by atoms with van der Waals surface area (Å²) in [5.41, 5.74) is 3.51. The predicted octanol–water partition coefficient (Wildman–Crippen LogP) is 8.29. The fraction of sp³-hybridized carbons (Fsp3) is 0.279. The van der Waals surface area contributed by atoms with Gasteiger partial charge in [0.2, 0.25) is 0 Å². The Morgan fingerprint density at radius 3 is 1.96 bits per heavy atom. The van der Waals surface area contributed by atoms with Crippen molar-refractivity contribution in [2.24, 2.45) is 22.7 Å². The first-order valence-electron chi connectivity index (χ1n) is 17.9. The lowest BCUT2D eigenvalue weighted by Crippen LogP contribution is -2.51. The van der Waals surface area contributed by atoms with Gasteiger partial charge in [-0.1, -0.05) is 91.0 Å². The maximum atomic E-state index is 15.8. The van der Waals surface area contributed by atoms with E-state index < -0.39 is 35.0 Å². The third kappa shape index (κ3) is 5.63. The average molecular weight is 694 g/mol. The summed E-state index contributed by atoms with van der Waals surface area (Å²) in [5.74, 6) is -3.37. The highest BCUT2D eigenvalue weighted by atomic mass is 19.1. The smallest absolute Gasteiger partial charge is 0.308 e. The molecule has 3 saturated carbocycles. The quantitative estimate of drug-likeness (QED) is 0.158. The highest BCUT2D eigenvalue weighted by Crippen LogP contribution is 2.52. The Morgan fingerprint density at radius 2 is 1.40 bits per heavy atom. The highest BCUT2D eigenvalue weighted by molar-refractivity contribution is 6.14. The van der Waals surface area contributed by atoms with Crippen LogP contribution in [0.25, 0.3) is 0 Å². The van der Waals surface area contributed by atoms with Crippen LogP contribution in [0, 0.1) is 40.7 Å². The van der Waals surface area contributed by atoms with E-state index in [-0.39, 0.29) is 47.1 Å². The van der Waals surface area contributed by atoms with Crippen molar-refractivity contribution in [1.29, 1.82) is 5.26 Å². The van der Waals surface area contributed by atoms with Crippen LogP contribution in [-0.2, 0) is 10.2 Å². The molecular weight excluding hydrogens is 657 g/mol. The Balaban J connectivity index is 1.30. The number of rotatable bonds is 8. The number of hydrogen-bond donors (Lipinski definition) is 2. The number of halogens is 2. The molecule has 2 bridgehead atoms. The molecule has 1 aliphatic heterocycles. The van der Waals surface area contributed by atoms with Crippen LogP contribution in [0.4, 0.5) is 14.6 Å². The minimum Gasteiger partial charge on any atom is -0.481 e. The first-order valence-corrected chi connectivity index (χ1v) is 17.9. The van der Waals surface area contributed by atoms with Crippen molar-refractivity contribution in [3.05, 3.63) is 160 Å². The Kier molecular flexibility index (Phi) is 8.84. The maximum absolute atomic E-state index is 15.8. The molecule has 0 radical (unpaired) electrons. The monoisotopic (exact) mass is 693 g/mol. The van der Waals surface area contributed by atoms with E-state index in [9.17, 15) is 15.2 Å². The lowest BCUT2D eigenvalue weighted by molar-refractivity contribution is -0.148. The SMILES string of the molecule is N#Cc1cc(F)c(NC2C3CCC(CC3)C2C(=O)O)nc1C1=NCCC(C(c2ccccc2)(c2ccccc2)c2ccccc2)c2ncc(F)cc21. The number of nitrogens with one attached hydrogen (secondary N) is 1. The van der Waals surface area contributed by atoms with Gasteiger partial charge in [0.15, 0.2) is 11.6 Å². The molecule has 3 aliphatic carbocycles. The van der Waals surface area contributed by atoms with Gasteiger partial charge in [0, 0.05) is 24.1 Å². The molecule has 2 aromatic heterocycles. The summed E-state index contributed by atoms with van der Waals surface area (Å²) in [6, 6.07) is 34.7. The van der Waals surface area contributed by atoms with E-state index in [2.05, 4.69) is 52.8 Å². The normalized spacial score (nSPS) is 22.4. The van der Waals surface area contributed by atoms with Gasteiger partial charge in [-0.05, 0) is 72.8 Å². The standard InChI is InChI=1S/C43H37F2N5O2/c44-32-23-33-39(48-25-32)34(43(29-10-4-1-5-11-29,30-12-6-2-7-13-30)31-14-8-3-9-15-31)20-21-47-40(33)38-28(24-46)22-35(45)41(50-38)49-37-27-18-16-26(17-19-27)36(37)42(51)52/h1-15,22-23,25-27,34,36-37H,16-21H2,(H,49,50)(H,51,52). The maximum Gasteiger partial charge on any atom is 0.308 e. The molecule has 9 rings (SSSR count). The summed E-state index contributed by atoms with van der Waals surface area (Å²) in [7, 11) is 0. The number of aromatic nitrogens is 2. The first-order chi connectivity index (χ1) is 25.4. The largest absolute Gasteiger partial charge is 0.481 e. The number of nitriles is 1. The van der Waals surface area contributed by atoms with Crippen LogP contribution < -0.4 is 5.32 Å². The molecule has 3 heterocycles. The van der Waals surface area contributed by atoms with Gasteiger partial charge in [0.1, 0.15) is 17.6 Å². The van der Waals surface area contributed by atoms with Crippen molar-refractivity contribution in [2.75, 3.05) is 11.9 Å². The summed E-state index contributed by atoms with van der Waals surface area (Å²) in [5, 5.41) is 23.6. The molecule has 5 aromatic rings. The molecule has 0 spiro atoms. The zero-order chi connectivity index (χ0) is 35.8. The summed E-state index contributed by atoms with van der Waals surface area (Å²) in [4.78, 5) is 26.9. The molecule has 260 valence electrons. The van der Waals surface area contributed by atoms with Gasteiger partial charge in [-0.25, -0.2) is 13.8 Å².